The van der Waals surface area contributed by atoms with Crippen molar-refractivity contribution in [1.82, 2.24) is 5.32 Å². The van der Waals surface area contributed by atoms with Crippen LogP contribution in [0.15, 0.2) is 17.0 Å². The van der Waals surface area contributed by atoms with Gasteiger partial charge in [0.2, 0.25) is 10.0 Å². The fraction of sp³-hybridized carbons (Fsp3) is 0.417. The van der Waals surface area contributed by atoms with Crippen LogP contribution in [0.2, 0.25) is 0 Å². The molecule has 0 bridgehead atoms. The number of sulfonamides is 1. The van der Waals surface area contributed by atoms with Gasteiger partial charge >= 0.3 is 0 Å². The van der Waals surface area contributed by atoms with Crippen LogP contribution in [0.3, 0.4) is 0 Å². The molecule has 1 aromatic rings. The number of hydrogen-bond acceptors (Lipinski definition) is 3. The number of benzene rings is 1. The van der Waals surface area contributed by atoms with Crippen molar-refractivity contribution in [3.63, 3.8) is 0 Å². The van der Waals surface area contributed by atoms with E-state index in [-0.39, 0.29) is 0 Å². The predicted molar refractivity (Wildman–Crippen MR) is 67.3 cm³/mol. The lowest BCUT2D eigenvalue weighted by Crippen LogP contribution is -2.28. The molecule has 20 heavy (non-hydrogen) atoms. The van der Waals surface area contributed by atoms with E-state index in [0.717, 1.165) is 6.42 Å². The van der Waals surface area contributed by atoms with Crippen molar-refractivity contribution in [2.24, 2.45) is 17.0 Å². The summed E-state index contributed by atoms with van der Waals surface area (Å²) in [4.78, 5) is 10.8. The van der Waals surface area contributed by atoms with Crippen LogP contribution in [0, 0.1) is 23.5 Å². The Kier molecular flexibility index (Phi) is 3.79. The Bertz CT molecular complexity index is 661. The zero-order chi connectivity index (χ0) is 15.1. The lowest BCUT2D eigenvalue weighted by Gasteiger charge is -2.08. The molecule has 110 valence electrons. The maximum absolute atomic E-state index is 13.9. The monoisotopic (exact) mass is 304 g/mol. The van der Waals surface area contributed by atoms with Crippen LogP contribution in [0.5, 0.6) is 0 Å². The van der Waals surface area contributed by atoms with E-state index in [1.54, 1.807) is 0 Å². The molecule has 8 heteroatoms. The molecular weight excluding hydrogens is 290 g/mol. The van der Waals surface area contributed by atoms with E-state index in [2.05, 4.69) is 5.32 Å². The fourth-order valence-electron chi connectivity index (χ4n) is 1.94. The molecule has 0 spiro atoms. The molecule has 1 saturated carbocycles. The number of nitrogens with two attached hydrogens (primary N) is 1. The normalized spacial score (nSPS) is 21.6. The molecule has 1 aliphatic carbocycles. The standard InChI is InChI=1S/C12H14F2N2O3S/c1-6-2-7(6)5-16-12(17)9-3-8(13)4-10(11(9)14)20(15,18)19/h3-4,6-7H,2,5H2,1H3,(H,16,17)(H2,15,18,19). The van der Waals surface area contributed by atoms with Gasteiger partial charge in [0.15, 0.2) is 5.82 Å². The first-order chi connectivity index (χ1) is 9.20. The number of amides is 1. The molecular formula is C12H14F2N2O3S. The number of nitrogens with one attached hydrogen (secondary N) is 1. The highest BCUT2D eigenvalue weighted by atomic mass is 32.2. The molecule has 0 aliphatic heterocycles. The number of carbonyl (C=O) groups excluding carboxylic acids is 1. The molecule has 0 heterocycles. The number of halogens is 2. The van der Waals surface area contributed by atoms with Gasteiger partial charge in [-0.05, 0) is 30.4 Å². The molecule has 5 nitrogen and oxygen atoms in total. The van der Waals surface area contributed by atoms with Crippen LogP contribution in [-0.4, -0.2) is 20.9 Å². The zero-order valence-corrected chi connectivity index (χ0v) is 11.5. The average Bonchev–Trinajstić information content (AvgIpc) is 3.03. The average molecular weight is 304 g/mol. The van der Waals surface area contributed by atoms with Crippen LogP contribution in [0.1, 0.15) is 23.7 Å². The van der Waals surface area contributed by atoms with E-state index in [4.69, 9.17) is 5.14 Å². The topological polar surface area (TPSA) is 89.3 Å². The van der Waals surface area contributed by atoms with Crippen molar-refractivity contribution < 1.29 is 22.0 Å². The van der Waals surface area contributed by atoms with Crippen molar-refractivity contribution >= 4 is 15.9 Å². The Hall–Kier alpha value is -1.54. The summed E-state index contributed by atoms with van der Waals surface area (Å²) in [6.07, 6.45) is 0.967. The van der Waals surface area contributed by atoms with Crippen molar-refractivity contribution in [2.75, 3.05) is 6.54 Å². The van der Waals surface area contributed by atoms with E-state index < -0.39 is 38.0 Å². The summed E-state index contributed by atoms with van der Waals surface area (Å²) in [7, 11) is -4.43. The van der Waals surface area contributed by atoms with Crippen molar-refractivity contribution in [2.45, 2.75) is 18.2 Å². The molecule has 1 amide bonds. The lowest BCUT2D eigenvalue weighted by molar-refractivity contribution is 0.0946. The molecule has 1 fully saturated rings. The van der Waals surface area contributed by atoms with Crippen molar-refractivity contribution in [3.8, 4) is 0 Å². The third-order valence-corrected chi connectivity index (χ3v) is 4.27. The van der Waals surface area contributed by atoms with Gasteiger partial charge in [-0.3, -0.25) is 4.79 Å². The number of rotatable bonds is 4. The van der Waals surface area contributed by atoms with Crippen LogP contribution >= 0.6 is 0 Å². The van der Waals surface area contributed by atoms with Crippen molar-refractivity contribution in [1.29, 1.82) is 0 Å². The van der Waals surface area contributed by atoms with Gasteiger partial charge in [-0.1, -0.05) is 6.92 Å². The van der Waals surface area contributed by atoms with Gasteiger partial charge in [0, 0.05) is 6.54 Å². The highest BCUT2D eigenvalue weighted by Crippen LogP contribution is 2.36. The molecule has 1 aliphatic rings. The molecule has 0 radical (unpaired) electrons. The smallest absolute Gasteiger partial charge is 0.254 e. The van der Waals surface area contributed by atoms with E-state index in [1.807, 2.05) is 6.92 Å². The largest absolute Gasteiger partial charge is 0.352 e. The van der Waals surface area contributed by atoms with Gasteiger partial charge in [0.25, 0.3) is 5.91 Å². The predicted octanol–water partition coefficient (Wildman–Crippen LogP) is 0.998. The quantitative estimate of drug-likeness (QED) is 0.869. The second kappa shape index (κ2) is 5.10. The molecule has 0 aromatic heterocycles. The lowest BCUT2D eigenvalue weighted by atomic mass is 10.2. The van der Waals surface area contributed by atoms with E-state index in [0.29, 0.717) is 30.5 Å². The number of hydrogen-bond donors (Lipinski definition) is 2. The molecule has 2 rings (SSSR count). The minimum absolute atomic E-state index is 0.327. The molecule has 2 unspecified atom stereocenters. The Morgan fingerprint density at radius 1 is 1.45 bits per heavy atom. The van der Waals surface area contributed by atoms with Gasteiger partial charge in [0.1, 0.15) is 10.7 Å². The second-order valence-corrected chi connectivity index (χ2v) is 6.52. The molecule has 1 aromatic carbocycles. The van der Waals surface area contributed by atoms with E-state index >= 15 is 0 Å². The summed E-state index contributed by atoms with van der Waals surface area (Å²) in [5.41, 5.74) is -0.665. The minimum Gasteiger partial charge on any atom is -0.352 e. The Labute approximate surface area is 115 Å². The maximum Gasteiger partial charge on any atom is 0.254 e. The number of primary sulfonamides is 1. The first-order valence-corrected chi connectivity index (χ1v) is 7.55. The van der Waals surface area contributed by atoms with Gasteiger partial charge in [-0.15, -0.1) is 0 Å². The summed E-state index contributed by atoms with van der Waals surface area (Å²) in [6, 6.07) is 1.10. The minimum atomic E-state index is -4.43. The molecule has 3 N–H and O–H groups in total. The SMILES string of the molecule is CC1CC1CNC(=O)c1cc(F)cc(S(N)(=O)=O)c1F. The Morgan fingerprint density at radius 2 is 2.05 bits per heavy atom. The van der Waals surface area contributed by atoms with E-state index in [1.165, 1.54) is 0 Å². The summed E-state index contributed by atoms with van der Waals surface area (Å²) in [5.74, 6) is -2.41. The zero-order valence-electron chi connectivity index (χ0n) is 10.7. The summed E-state index contributed by atoms with van der Waals surface area (Å²) < 4.78 is 49.5. The molecule has 0 saturated heterocycles. The fourth-order valence-corrected chi connectivity index (χ4v) is 2.58. The second-order valence-electron chi connectivity index (χ2n) is 4.99. The summed E-state index contributed by atoms with van der Waals surface area (Å²) >= 11 is 0. The van der Waals surface area contributed by atoms with Crippen molar-refractivity contribution in [3.05, 3.63) is 29.3 Å². The Balaban J connectivity index is 2.26. The van der Waals surface area contributed by atoms with Gasteiger partial charge in [0.05, 0.1) is 5.56 Å². The van der Waals surface area contributed by atoms with Crippen LogP contribution in [0.4, 0.5) is 8.78 Å². The first-order valence-electron chi connectivity index (χ1n) is 6.00. The van der Waals surface area contributed by atoms with Gasteiger partial charge in [-0.25, -0.2) is 22.3 Å². The summed E-state index contributed by atoms with van der Waals surface area (Å²) in [5, 5.41) is 7.24. The maximum atomic E-state index is 13.9. The third-order valence-electron chi connectivity index (χ3n) is 3.36. The highest BCUT2D eigenvalue weighted by molar-refractivity contribution is 7.89. The first kappa shape index (κ1) is 14.9. The van der Waals surface area contributed by atoms with E-state index in [9.17, 15) is 22.0 Å². The molecule has 2 atom stereocenters. The van der Waals surface area contributed by atoms with Crippen LogP contribution in [-0.2, 0) is 10.0 Å². The van der Waals surface area contributed by atoms with Gasteiger partial charge < -0.3 is 5.32 Å². The highest BCUT2D eigenvalue weighted by Gasteiger charge is 2.33. The van der Waals surface area contributed by atoms with Gasteiger partial charge in [-0.2, -0.15) is 0 Å². The third kappa shape index (κ3) is 3.13. The number of carbonyl (C=O) groups is 1. The van der Waals surface area contributed by atoms with Crippen LogP contribution < -0.4 is 10.5 Å². The summed E-state index contributed by atoms with van der Waals surface area (Å²) in [6.45, 7) is 2.36. The Morgan fingerprint density at radius 3 is 2.55 bits per heavy atom. The van der Waals surface area contributed by atoms with Crippen LogP contribution in [0.25, 0.3) is 0 Å².